The van der Waals surface area contributed by atoms with Crippen LogP contribution in [0.4, 0.5) is 4.79 Å². The summed E-state index contributed by atoms with van der Waals surface area (Å²) >= 11 is 5.70. The number of benzene rings is 1. The lowest BCUT2D eigenvalue weighted by Crippen LogP contribution is -2.22. The van der Waals surface area contributed by atoms with Gasteiger partial charge in [-0.3, -0.25) is 0 Å². The Kier molecular flexibility index (Phi) is 3.06. The maximum atomic E-state index is 10.4. The number of aromatic nitrogens is 4. The van der Waals surface area contributed by atoms with Crippen molar-refractivity contribution in [2.24, 2.45) is 0 Å². The van der Waals surface area contributed by atoms with E-state index in [0.717, 1.165) is 4.79 Å². The fourth-order valence-electron chi connectivity index (χ4n) is 1.01. The first-order valence-electron chi connectivity index (χ1n) is 4.37. The van der Waals surface area contributed by atoms with Crippen LogP contribution in [0.3, 0.4) is 0 Å². The molecule has 1 aromatic carbocycles. The lowest BCUT2D eigenvalue weighted by molar-refractivity contribution is 0.204. The third-order valence-corrected chi connectivity index (χ3v) is 1.92. The van der Waals surface area contributed by atoms with E-state index in [0.29, 0.717) is 10.8 Å². The van der Waals surface area contributed by atoms with E-state index in [-0.39, 0.29) is 6.01 Å². The van der Waals surface area contributed by atoms with Crippen LogP contribution in [0.1, 0.15) is 0 Å². The highest BCUT2D eigenvalue weighted by Gasteiger charge is 2.10. The molecular weight excluding hydrogens is 250 g/mol. The molecule has 0 saturated heterocycles. The molecule has 0 saturated carbocycles. The van der Waals surface area contributed by atoms with Gasteiger partial charge >= 0.3 is 12.1 Å². The Morgan fingerprint density at radius 2 is 2.12 bits per heavy atom. The molecule has 0 unspecified atom stereocenters. The summed E-state index contributed by atoms with van der Waals surface area (Å²) in [6.07, 6.45) is -1.31. The van der Waals surface area contributed by atoms with Crippen molar-refractivity contribution in [3.63, 3.8) is 0 Å². The molecule has 2 rings (SSSR count). The molecule has 1 heterocycles. The van der Waals surface area contributed by atoms with Gasteiger partial charge in [0.05, 0.1) is 0 Å². The predicted molar refractivity (Wildman–Crippen MR) is 56.7 cm³/mol. The number of tetrazole rings is 1. The molecule has 0 radical (unpaired) electrons. The molecule has 17 heavy (non-hydrogen) atoms. The molecule has 88 valence electrons. The highest BCUT2D eigenvalue weighted by molar-refractivity contribution is 6.30. The molecule has 0 spiro atoms. The zero-order chi connectivity index (χ0) is 12.3. The van der Waals surface area contributed by atoms with Gasteiger partial charge in [0.1, 0.15) is 5.75 Å². The third kappa shape index (κ3) is 2.82. The Bertz CT molecular complexity index is 526. The monoisotopic (exact) mass is 255 g/mol. The Morgan fingerprint density at radius 1 is 1.41 bits per heavy atom. The summed E-state index contributed by atoms with van der Waals surface area (Å²) in [5.74, 6) is 0.428. The van der Waals surface area contributed by atoms with Crippen molar-refractivity contribution in [2.75, 3.05) is 5.43 Å². The first-order chi connectivity index (χ1) is 8.15. The quantitative estimate of drug-likeness (QED) is 0.858. The number of rotatable bonds is 3. The molecule has 2 N–H and O–H groups in total. The van der Waals surface area contributed by atoms with Gasteiger partial charge in [-0.1, -0.05) is 21.5 Å². The minimum atomic E-state index is -1.31. The van der Waals surface area contributed by atoms with Crippen LogP contribution in [0.5, 0.6) is 11.8 Å². The van der Waals surface area contributed by atoms with E-state index in [9.17, 15) is 4.79 Å². The minimum absolute atomic E-state index is 0.102. The Morgan fingerprint density at radius 3 is 2.76 bits per heavy atom. The lowest BCUT2D eigenvalue weighted by atomic mass is 10.3. The van der Waals surface area contributed by atoms with E-state index < -0.39 is 6.09 Å². The molecule has 1 amide bonds. The second-order valence-corrected chi connectivity index (χ2v) is 3.28. The van der Waals surface area contributed by atoms with Gasteiger partial charge in [-0.25, -0.2) is 10.2 Å². The van der Waals surface area contributed by atoms with Gasteiger partial charge in [-0.2, -0.15) is 0 Å². The summed E-state index contributed by atoms with van der Waals surface area (Å²) in [4.78, 5) is 11.2. The Balaban J connectivity index is 2.15. The summed E-state index contributed by atoms with van der Waals surface area (Å²) in [5, 5.41) is 19.2. The number of carboxylic acid groups (broad SMARTS) is 1. The van der Waals surface area contributed by atoms with Crippen LogP contribution in [0, 0.1) is 0 Å². The number of nitrogens with zero attached hydrogens (tertiary/aromatic N) is 4. The first-order valence-corrected chi connectivity index (χ1v) is 4.75. The van der Waals surface area contributed by atoms with Gasteiger partial charge in [0.2, 0.25) is 0 Å². The first kappa shape index (κ1) is 11.1. The smallest absolute Gasteiger partial charge is 0.425 e. The topological polar surface area (TPSA) is 102 Å². The largest absolute Gasteiger partial charge is 0.464 e. The average Bonchev–Trinajstić information content (AvgIpc) is 2.68. The number of amides is 1. The fraction of sp³-hybridized carbons (Fsp3) is 0. The van der Waals surface area contributed by atoms with Crippen molar-refractivity contribution in [1.82, 2.24) is 20.3 Å². The summed E-state index contributed by atoms with van der Waals surface area (Å²) in [6, 6.07) is 6.34. The molecule has 0 fully saturated rings. The van der Waals surface area contributed by atoms with E-state index in [4.69, 9.17) is 21.4 Å². The maximum Gasteiger partial charge on any atom is 0.425 e. The Labute approximate surface area is 99.7 Å². The van der Waals surface area contributed by atoms with E-state index in [1.165, 1.54) is 0 Å². The molecule has 0 bridgehead atoms. The van der Waals surface area contributed by atoms with Gasteiger partial charge in [0.15, 0.2) is 0 Å². The fourth-order valence-corrected chi connectivity index (χ4v) is 1.14. The number of hydrogen-bond donors (Lipinski definition) is 2. The van der Waals surface area contributed by atoms with Gasteiger partial charge in [0, 0.05) is 5.02 Å². The summed E-state index contributed by atoms with van der Waals surface area (Å²) in [7, 11) is 0. The van der Waals surface area contributed by atoms with Crippen molar-refractivity contribution in [2.45, 2.75) is 0 Å². The van der Waals surface area contributed by atoms with E-state index in [2.05, 4.69) is 15.5 Å². The van der Waals surface area contributed by atoms with Gasteiger partial charge < -0.3 is 9.84 Å². The maximum absolute atomic E-state index is 10.4. The number of ether oxygens (including phenoxy) is 1. The van der Waals surface area contributed by atoms with E-state index in [1.54, 1.807) is 24.3 Å². The summed E-state index contributed by atoms with van der Waals surface area (Å²) in [5.41, 5.74) is 1.93. The SMILES string of the molecule is O=C(O)Nn1nnnc1Oc1ccc(Cl)cc1. The molecule has 8 nitrogen and oxygen atoms in total. The zero-order valence-electron chi connectivity index (χ0n) is 8.24. The van der Waals surface area contributed by atoms with E-state index in [1.807, 2.05) is 5.43 Å². The third-order valence-electron chi connectivity index (χ3n) is 1.67. The normalized spacial score (nSPS) is 9.94. The number of carbonyl (C=O) groups is 1. The molecule has 0 aliphatic heterocycles. The van der Waals surface area contributed by atoms with Crippen LogP contribution in [-0.2, 0) is 0 Å². The number of halogens is 1. The van der Waals surface area contributed by atoms with Crippen molar-refractivity contribution < 1.29 is 14.6 Å². The van der Waals surface area contributed by atoms with Gasteiger partial charge in [-0.05, 0) is 34.7 Å². The predicted octanol–water partition coefficient (Wildman–Crippen LogP) is 1.34. The zero-order valence-corrected chi connectivity index (χ0v) is 9.00. The van der Waals surface area contributed by atoms with Crippen molar-refractivity contribution in [1.29, 1.82) is 0 Å². The Hall–Kier alpha value is -2.35. The lowest BCUT2D eigenvalue weighted by Gasteiger charge is -2.04. The van der Waals surface area contributed by atoms with Crippen molar-refractivity contribution in [3.05, 3.63) is 29.3 Å². The van der Waals surface area contributed by atoms with Crippen LogP contribution < -0.4 is 10.2 Å². The number of hydrogen-bond acceptors (Lipinski definition) is 5. The van der Waals surface area contributed by atoms with Crippen LogP contribution >= 0.6 is 11.6 Å². The standard InChI is InChI=1S/C8H6ClN5O3/c9-5-1-3-6(4-2-5)17-7-10-12-13-14(7)11-8(15)16/h1-4,11H,(H,15,16). The van der Waals surface area contributed by atoms with Gasteiger partial charge in [0.25, 0.3) is 0 Å². The molecule has 0 aliphatic rings. The van der Waals surface area contributed by atoms with Crippen LogP contribution in [-0.4, -0.2) is 31.5 Å². The van der Waals surface area contributed by atoms with E-state index >= 15 is 0 Å². The highest BCUT2D eigenvalue weighted by atomic mass is 35.5. The minimum Gasteiger partial charge on any atom is -0.464 e. The second-order valence-electron chi connectivity index (χ2n) is 2.85. The summed E-state index contributed by atoms with van der Waals surface area (Å²) < 4.78 is 5.25. The highest BCUT2D eigenvalue weighted by Crippen LogP contribution is 2.20. The van der Waals surface area contributed by atoms with Gasteiger partial charge in [-0.15, -0.1) is 0 Å². The molecule has 1 aromatic heterocycles. The second kappa shape index (κ2) is 4.66. The molecule has 0 atom stereocenters. The van der Waals surface area contributed by atoms with Crippen LogP contribution in [0.25, 0.3) is 0 Å². The number of nitrogens with one attached hydrogen (secondary N) is 1. The van der Waals surface area contributed by atoms with Crippen molar-refractivity contribution >= 4 is 17.7 Å². The summed E-state index contributed by atoms with van der Waals surface area (Å²) in [6.45, 7) is 0. The van der Waals surface area contributed by atoms with Crippen LogP contribution in [0.2, 0.25) is 5.02 Å². The van der Waals surface area contributed by atoms with Crippen LogP contribution in [0.15, 0.2) is 24.3 Å². The molecule has 2 aromatic rings. The molecule has 9 heteroatoms. The van der Waals surface area contributed by atoms with Crippen molar-refractivity contribution in [3.8, 4) is 11.8 Å². The average molecular weight is 256 g/mol. The molecule has 0 aliphatic carbocycles. The molecular formula is C8H6ClN5O3.